The Morgan fingerprint density at radius 1 is 1.61 bits per heavy atom. The molecule has 2 rings (SSSR count). The van der Waals surface area contributed by atoms with Crippen molar-refractivity contribution in [1.29, 1.82) is 0 Å². The maximum Gasteiger partial charge on any atom is 0.256 e. The fourth-order valence-corrected chi connectivity index (χ4v) is 1.51. The first kappa shape index (κ1) is 12.0. The number of amides is 1. The third-order valence-electron chi connectivity index (χ3n) is 2.41. The summed E-state index contributed by atoms with van der Waals surface area (Å²) in [7, 11) is 1.67. The summed E-state index contributed by atoms with van der Waals surface area (Å²) in [5.74, 6) is 5.77. The number of hydrogen-bond acceptors (Lipinski definition) is 6. The van der Waals surface area contributed by atoms with Gasteiger partial charge < -0.3 is 10.3 Å². The van der Waals surface area contributed by atoms with Gasteiger partial charge in [0.2, 0.25) is 0 Å². The maximum atomic E-state index is 12.2. The Balaban J connectivity index is 2.15. The van der Waals surface area contributed by atoms with Crippen LogP contribution >= 0.6 is 0 Å². The van der Waals surface area contributed by atoms with E-state index in [2.05, 4.69) is 25.6 Å². The lowest BCUT2D eigenvalue weighted by molar-refractivity contribution is 0.0782. The third-order valence-corrected chi connectivity index (χ3v) is 2.41. The average molecular weight is 247 g/mol. The van der Waals surface area contributed by atoms with Gasteiger partial charge in [0, 0.05) is 13.2 Å². The molecule has 0 radical (unpaired) electrons. The van der Waals surface area contributed by atoms with Crippen LogP contribution in [0.15, 0.2) is 24.8 Å². The standard InChI is InChI=1S/C10H13N7O/c1-17(5-9-13-6-14-16-9)10(18)7-2-3-12-4-8(7)15-11/h2-4,6,15H,5,11H2,1H3,(H,13,14,16). The van der Waals surface area contributed by atoms with Gasteiger partial charge >= 0.3 is 0 Å². The van der Waals surface area contributed by atoms with Gasteiger partial charge in [-0.25, -0.2) is 4.98 Å². The SMILES string of the molecule is CN(Cc1ncn[nH]1)C(=O)c1ccncc1NN. The largest absolute Gasteiger partial charge is 0.334 e. The molecule has 0 spiro atoms. The summed E-state index contributed by atoms with van der Waals surface area (Å²) in [6, 6.07) is 1.61. The molecule has 2 aromatic heterocycles. The van der Waals surface area contributed by atoms with Crippen molar-refractivity contribution in [1.82, 2.24) is 25.1 Å². The molecule has 0 bridgehead atoms. The van der Waals surface area contributed by atoms with Crippen LogP contribution in [0, 0.1) is 0 Å². The van der Waals surface area contributed by atoms with Gasteiger partial charge in [-0.05, 0) is 6.07 Å². The van der Waals surface area contributed by atoms with Crippen molar-refractivity contribution in [3.05, 3.63) is 36.2 Å². The molecule has 0 atom stereocenters. The Bertz CT molecular complexity index is 525. The summed E-state index contributed by atoms with van der Waals surface area (Å²) >= 11 is 0. The Hall–Kier alpha value is -2.48. The van der Waals surface area contributed by atoms with Crippen LogP contribution in [0.25, 0.3) is 0 Å². The molecular weight excluding hydrogens is 234 g/mol. The molecule has 8 heteroatoms. The van der Waals surface area contributed by atoms with Gasteiger partial charge in [-0.2, -0.15) is 5.10 Å². The minimum Gasteiger partial charge on any atom is -0.334 e. The van der Waals surface area contributed by atoms with Crippen LogP contribution in [0.4, 0.5) is 5.69 Å². The van der Waals surface area contributed by atoms with Gasteiger partial charge in [0.15, 0.2) is 0 Å². The van der Waals surface area contributed by atoms with Gasteiger partial charge in [-0.15, -0.1) is 0 Å². The first-order valence-electron chi connectivity index (χ1n) is 5.22. The van der Waals surface area contributed by atoms with E-state index in [1.807, 2.05) is 0 Å². The second kappa shape index (κ2) is 5.23. The van der Waals surface area contributed by atoms with Crippen molar-refractivity contribution < 1.29 is 4.79 Å². The van der Waals surface area contributed by atoms with Gasteiger partial charge in [-0.3, -0.25) is 20.7 Å². The molecule has 0 unspecified atom stereocenters. The first-order chi connectivity index (χ1) is 8.72. The second-order valence-corrected chi connectivity index (χ2v) is 3.66. The number of nitrogens with one attached hydrogen (secondary N) is 2. The summed E-state index contributed by atoms with van der Waals surface area (Å²) in [4.78, 5) is 21.6. The van der Waals surface area contributed by atoms with Gasteiger partial charge in [0.25, 0.3) is 5.91 Å². The molecule has 0 saturated heterocycles. The predicted octanol–water partition coefficient (Wildman–Crippen LogP) is -0.243. The lowest BCUT2D eigenvalue weighted by atomic mass is 10.2. The van der Waals surface area contributed by atoms with Crippen LogP contribution in [0.2, 0.25) is 0 Å². The fourth-order valence-electron chi connectivity index (χ4n) is 1.51. The van der Waals surface area contributed by atoms with Gasteiger partial charge in [0.05, 0.1) is 24.0 Å². The van der Waals surface area contributed by atoms with Crippen LogP contribution in [0.3, 0.4) is 0 Å². The molecule has 2 aromatic rings. The molecule has 0 aromatic carbocycles. The van der Waals surface area contributed by atoms with Crippen LogP contribution in [0.5, 0.6) is 0 Å². The van der Waals surface area contributed by atoms with Crippen LogP contribution < -0.4 is 11.3 Å². The highest BCUT2D eigenvalue weighted by atomic mass is 16.2. The van der Waals surface area contributed by atoms with Crippen molar-refractivity contribution in [3.8, 4) is 0 Å². The molecule has 8 nitrogen and oxygen atoms in total. The molecule has 0 saturated carbocycles. The number of pyridine rings is 1. The van der Waals surface area contributed by atoms with Crippen molar-refractivity contribution in [2.75, 3.05) is 12.5 Å². The topological polar surface area (TPSA) is 113 Å². The van der Waals surface area contributed by atoms with Crippen LogP contribution in [-0.2, 0) is 6.54 Å². The minimum absolute atomic E-state index is 0.179. The van der Waals surface area contributed by atoms with Crippen molar-refractivity contribution in [2.24, 2.45) is 5.84 Å². The van der Waals surface area contributed by atoms with Crippen molar-refractivity contribution in [3.63, 3.8) is 0 Å². The normalized spacial score (nSPS) is 10.1. The second-order valence-electron chi connectivity index (χ2n) is 3.66. The summed E-state index contributed by atoms with van der Waals surface area (Å²) in [6.07, 6.45) is 4.43. The number of hydrazine groups is 1. The molecule has 1 amide bonds. The van der Waals surface area contributed by atoms with Crippen LogP contribution in [0.1, 0.15) is 16.2 Å². The van der Waals surface area contributed by atoms with E-state index in [1.54, 1.807) is 13.1 Å². The summed E-state index contributed by atoms with van der Waals surface area (Å²) < 4.78 is 0. The number of carbonyl (C=O) groups excluding carboxylic acids is 1. The smallest absolute Gasteiger partial charge is 0.256 e. The zero-order valence-electron chi connectivity index (χ0n) is 9.79. The Kier molecular flexibility index (Phi) is 3.49. The lowest BCUT2D eigenvalue weighted by Gasteiger charge is -2.17. The van der Waals surface area contributed by atoms with E-state index in [4.69, 9.17) is 5.84 Å². The number of rotatable bonds is 4. The fraction of sp³-hybridized carbons (Fsp3) is 0.200. The van der Waals surface area contributed by atoms with E-state index in [1.165, 1.54) is 23.6 Å². The first-order valence-corrected chi connectivity index (χ1v) is 5.22. The van der Waals surface area contributed by atoms with E-state index >= 15 is 0 Å². The number of carbonyl (C=O) groups is 1. The quantitative estimate of drug-likeness (QED) is 0.507. The molecule has 2 heterocycles. The van der Waals surface area contributed by atoms with E-state index in [-0.39, 0.29) is 5.91 Å². The van der Waals surface area contributed by atoms with Crippen LogP contribution in [-0.4, -0.2) is 38.0 Å². The average Bonchev–Trinajstić information content (AvgIpc) is 2.90. The molecule has 0 aliphatic carbocycles. The molecule has 0 aliphatic heterocycles. The predicted molar refractivity (Wildman–Crippen MR) is 64.2 cm³/mol. The number of aromatic nitrogens is 4. The zero-order chi connectivity index (χ0) is 13.0. The maximum absolute atomic E-state index is 12.2. The molecule has 0 aliphatic rings. The van der Waals surface area contributed by atoms with E-state index < -0.39 is 0 Å². The van der Waals surface area contributed by atoms with Gasteiger partial charge in [-0.1, -0.05) is 0 Å². The number of nitrogens with two attached hydrogens (primary N) is 1. The molecule has 94 valence electrons. The Morgan fingerprint density at radius 3 is 3.11 bits per heavy atom. The number of nitrogen functional groups attached to an aromatic ring is 1. The molecular formula is C10H13N7O. The van der Waals surface area contributed by atoms with E-state index in [0.29, 0.717) is 23.6 Å². The summed E-state index contributed by atoms with van der Waals surface area (Å²) in [5.41, 5.74) is 3.38. The molecule has 18 heavy (non-hydrogen) atoms. The summed E-state index contributed by atoms with van der Waals surface area (Å²) in [5, 5.41) is 6.42. The highest BCUT2D eigenvalue weighted by Gasteiger charge is 2.16. The number of anilines is 1. The minimum atomic E-state index is -0.179. The Labute approximate surface area is 103 Å². The number of H-pyrrole nitrogens is 1. The highest BCUT2D eigenvalue weighted by molar-refractivity contribution is 5.99. The van der Waals surface area contributed by atoms with Gasteiger partial charge in [0.1, 0.15) is 12.2 Å². The van der Waals surface area contributed by atoms with Crippen molar-refractivity contribution >= 4 is 11.6 Å². The molecule has 4 N–H and O–H groups in total. The number of nitrogens with zero attached hydrogens (tertiary/aromatic N) is 4. The zero-order valence-corrected chi connectivity index (χ0v) is 9.79. The molecule has 0 fully saturated rings. The third kappa shape index (κ3) is 2.43. The van der Waals surface area contributed by atoms with E-state index in [9.17, 15) is 4.79 Å². The lowest BCUT2D eigenvalue weighted by Crippen LogP contribution is -2.28. The Morgan fingerprint density at radius 2 is 2.44 bits per heavy atom. The number of hydrogen-bond donors (Lipinski definition) is 3. The van der Waals surface area contributed by atoms with Crippen molar-refractivity contribution in [2.45, 2.75) is 6.54 Å². The number of aromatic amines is 1. The highest BCUT2D eigenvalue weighted by Crippen LogP contribution is 2.14. The van der Waals surface area contributed by atoms with E-state index in [0.717, 1.165) is 0 Å². The summed E-state index contributed by atoms with van der Waals surface area (Å²) in [6.45, 7) is 0.338. The monoisotopic (exact) mass is 247 g/mol.